The van der Waals surface area contributed by atoms with Gasteiger partial charge in [0.25, 0.3) is 0 Å². The lowest BCUT2D eigenvalue weighted by atomic mass is 9.96. The van der Waals surface area contributed by atoms with Crippen molar-refractivity contribution in [2.45, 2.75) is 87.5 Å². The maximum absolute atomic E-state index is 4.46. The van der Waals surface area contributed by atoms with Crippen molar-refractivity contribution < 1.29 is 0 Å². The summed E-state index contributed by atoms with van der Waals surface area (Å²) in [7, 11) is 0. The molecule has 0 aromatic carbocycles. The highest BCUT2D eigenvalue weighted by atomic mass is 14.9. The molecule has 5 heteroatoms. The van der Waals surface area contributed by atoms with Gasteiger partial charge in [-0.15, -0.1) is 0 Å². The number of aromatic amines is 1. The van der Waals surface area contributed by atoms with Crippen molar-refractivity contribution in [3.63, 3.8) is 0 Å². The number of aryl methyl sites for hydroxylation is 1. The van der Waals surface area contributed by atoms with Gasteiger partial charge in [-0.2, -0.15) is 0 Å². The molecule has 1 atom stereocenters. The Hall–Kier alpha value is -4.25. The van der Waals surface area contributed by atoms with Crippen LogP contribution in [0.3, 0.4) is 0 Å². The number of hydrogen-bond donors (Lipinski definition) is 4. The van der Waals surface area contributed by atoms with Gasteiger partial charge in [0.05, 0.1) is 11.9 Å². The van der Waals surface area contributed by atoms with E-state index in [9.17, 15) is 0 Å². The molecule has 0 fully saturated rings. The SMILES string of the molecule is C=C1CCC(CC=CC(C)CNC(=C)C(=C)/C(C)=C(/C(=C)NCC2=CC=C(C(=C)C)C(C)=CC2)c2cnc(C)[nH]2)=C(CC)N1.CC. The molecule has 0 bridgehead atoms. The van der Waals surface area contributed by atoms with E-state index >= 15 is 0 Å². The fraction of sp³-hybridized carbons (Fsp3) is 0.390. The first-order valence-corrected chi connectivity index (χ1v) is 16.7. The van der Waals surface area contributed by atoms with E-state index in [2.05, 4.69) is 124 Å². The molecule has 1 unspecified atom stereocenters. The van der Waals surface area contributed by atoms with Gasteiger partial charge in [0.1, 0.15) is 5.82 Å². The second-order valence-corrected chi connectivity index (χ2v) is 12.1. The summed E-state index contributed by atoms with van der Waals surface area (Å²) in [5, 5.41) is 10.6. The summed E-state index contributed by atoms with van der Waals surface area (Å²) in [5.41, 5.74) is 14.1. The standard InChI is InChI=1S/C39H53N5.C2H6/c1-12-37-35(20-17-28(6)43-37)15-13-14-26(4)22-40-31(9)29(7)30(8)39(38-24-42-33(11)44-38)32(10)41-23-34-18-16-27(5)36(21-19-34)25(2)3;1-2/h13-14,16,19,21,24,26,40-41,43H,2,6-7,9-10,12,15,17-18,20,22-23H2,1,3-5,8,11H3,(H,42,44);1-2H3/b14-13?,39-30-;. The van der Waals surface area contributed by atoms with E-state index in [1.54, 1.807) is 0 Å². The predicted molar refractivity (Wildman–Crippen MR) is 202 cm³/mol. The highest BCUT2D eigenvalue weighted by Crippen LogP contribution is 2.30. The summed E-state index contributed by atoms with van der Waals surface area (Å²) in [5.74, 6) is 1.19. The van der Waals surface area contributed by atoms with Crippen LogP contribution >= 0.6 is 0 Å². The van der Waals surface area contributed by atoms with E-state index in [1.165, 1.54) is 28.0 Å². The van der Waals surface area contributed by atoms with Crippen LogP contribution in [-0.4, -0.2) is 23.1 Å². The van der Waals surface area contributed by atoms with Crippen LogP contribution < -0.4 is 16.0 Å². The molecule has 1 aromatic heterocycles. The molecule has 46 heavy (non-hydrogen) atoms. The molecule has 0 spiro atoms. The maximum Gasteiger partial charge on any atom is 0.103 e. The third kappa shape index (κ3) is 11.0. The highest BCUT2D eigenvalue weighted by molar-refractivity contribution is 5.82. The Labute approximate surface area is 280 Å². The average Bonchev–Trinajstić information content (AvgIpc) is 3.36. The normalized spacial score (nSPS) is 16.1. The molecule has 2 heterocycles. The van der Waals surface area contributed by atoms with Gasteiger partial charge < -0.3 is 20.9 Å². The molecule has 0 radical (unpaired) electrons. The number of nitrogens with one attached hydrogen (secondary N) is 4. The van der Waals surface area contributed by atoms with Crippen molar-refractivity contribution in [1.29, 1.82) is 0 Å². The second kappa shape index (κ2) is 18.7. The van der Waals surface area contributed by atoms with Gasteiger partial charge in [-0.05, 0) is 99.2 Å². The largest absolute Gasteiger partial charge is 0.384 e. The van der Waals surface area contributed by atoms with Crippen molar-refractivity contribution in [1.82, 2.24) is 25.9 Å². The molecule has 4 N–H and O–H groups in total. The van der Waals surface area contributed by atoms with E-state index in [4.69, 9.17) is 0 Å². The van der Waals surface area contributed by atoms with Gasteiger partial charge in [0, 0.05) is 41.5 Å². The van der Waals surface area contributed by atoms with Gasteiger partial charge in [-0.25, -0.2) is 4.98 Å². The topological polar surface area (TPSA) is 64.8 Å². The van der Waals surface area contributed by atoms with Crippen LogP contribution in [0.15, 0.2) is 131 Å². The van der Waals surface area contributed by atoms with Gasteiger partial charge >= 0.3 is 0 Å². The zero-order chi connectivity index (χ0) is 34.4. The van der Waals surface area contributed by atoms with Crippen LogP contribution in [0.4, 0.5) is 0 Å². The van der Waals surface area contributed by atoms with Crippen LogP contribution in [0.2, 0.25) is 0 Å². The summed E-state index contributed by atoms with van der Waals surface area (Å²) in [6, 6.07) is 0. The monoisotopic (exact) mass is 621 g/mol. The lowest BCUT2D eigenvalue weighted by molar-refractivity contribution is 0.653. The van der Waals surface area contributed by atoms with Gasteiger partial charge in [-0.3, -0.25) is 0 Å². The van der Waals surface area contributed by atoms with Crippen molar-refractivity contribution in [2.24, 2.45) is 5.92 Å². The molecular formula is C41H59N5. The van der Waals surface area contributed by atoms with Crippen molar-refractivity contribution in [3.05, 3.63) is 143 Å². The Morgan fingerprint density at radius 3 is 2.39 bits per heavy atom. The molecule has 0 saturated heterocycles. The van der Waals surface area contributed by atoms with Gasteiger partial charge in [0.15, 0.2) is 0 Å². The average molecular weight is 622 g/mol. The number of H-pyrrole nitrogens is 1. The molecular weight excluding hydrogens is 562 g/mol. The quantitative estimate of drug-likeness (QED) is 0.116. The third-order valence-corrected chi connectivity index (χ3v) is 8.34. The molecule has 0 amide bonds. The highest BCUT2D eigenvalue weighted by Gasteiger charge is 2.17. The van der Waals surface area contributed by atoms with Crippen LogP contribution in [0.5, 0.6) is 0 Å². The Bertz CT molecular complexity index is 1490. The van der Waals surface area contributed by atoms with E-state index in [0.29, 0.717) is 12.5 Å². The Balaban J connectivity index is 0.00000361. The minimum Gasteiger partial charge on any atom is -0.384 e. The van der Waals surface area contributed by atoms with Crippen LogP contribution in [0.25, 0.3) is 5.57 Å². The maximum atomic E-state index is 4.46. The lowest BCUT2D eigenvalue weighted by Crippen LogP contribution is -2.21. The van der Waals surface area contributed by atoms with Crippen LogP contribution in [-0.2, 0) is 0 Å². The third-order valence-electron chi connectivity index (χ3n) is 8.34. The molecule has 248 valence electrons. The zero-order valence-corrected chi connectivity index (χ0v) is 30.0. The fourth-order valence-electron chi connectivity index (χ4n) is 5.51. The smallest absolute Gasteiger partial charge is 0.103 e. The molecule has 0 saturated carbocycles. The van der Waals surface area contributed by atoms with E-state index in [0.717, 1.165) is 89.6 Å². The Morgan fingerprint density at radius 1 is 1.04 bits per heavy atom. The number of aromatic nitrogens is 2. The first-order chi connectivity index (χ1) is 21.9. The molecule has 1 aromatic rings. The number of nitrogens with zero attached hydrogens (tertiary/aromatic N) is 1. The van der Waals surface area contributed by atoms with E-state index < -0.39 is 0 Å². The van der Waals surface area contributed by atoms with Gasteiger partial charge in [0.2, 0.25) is 0 Å². The summed E-state index contributed by atoms with van der Waals surface area (Å²) in [6.07, 6.45) is 18.0. The van der Waals surface area contributed by atoms with Crippen molar-refractivity contribution >= 4 is 5.57 Å². The van der Waals surface area contributed by atoms with E-state index in [-0.39, 0.29) is 0 Å². The van der Waals surface area contributed by atoms with Crippen molar-refractivity contribution in [3.8, 4) is 0 Å². The molecule has 1 aliphatic heterocycles. The summed E-state index contributed by atoms with van der Waals surface area (Å²) in [4.78, 5) is 7.84. The Kier molecular flexibility index (Phi) is 15.4. The minimum absolute atomic E-state index is 0.345. The molecule has 5 nitrogen and oxygen atoms in total. The lowest BCUT2D eigenvalue weighted by Gasteiger charge is -2.23. The first-order valence-electron chi connectivity index (χ1n) is 16.7. The predicted octanol–water partition coefficient (Wildman–Crippen LogP) is 10.2. The van der Waals surface area contributed by atoms with Crippen LogP contribution in [0.1, 0.15) is 92.1 Å². The number of allylic oxidation sites excluding steroid dienone is 12. The second-order valence-electron chi connectivity index (χ2n) is 12.1. The fourth-order valence-corrected chi connectivity index (χ4v) is 5.51. The zero-order valence-electron chi connectivity index (χ0n) is 30.0. The van der Waals surface area contributed by atoms with Gasteiger partial charge in [-0.1, -0.05) is 96.5 Å². The molecule has 2 aliphatic rings. The number of imidazole rings is 1. The first kappa shape index (κ1) is 37.9. The molecule has 1 aliphatic carbocycles. The van der Waals surface area contributed by atoms with Crippen molar-refractivity contribution in [2.75, 3.05) is 13.1 Å². The number of hydrogen-bond acceptors (Lipinski definition) is 4. The summed E-state index contributed by atoms with van der Waals surface area (Å²) >= 11 is 0. The molecule has 3 rings (SSSR count). The number of rotatable bonds is 15. The van der Waals surface area contributed by atoms with E-state index in [1.807, 2.05) is 27.0 Å². The Morgan fingerprint density at radius 2 is 1.76 bits per heavy atom. The summed E-state index contributed by atoms with van der Waals surface area (Å²) < 4.78 is 0. The summed E-state index contributed by atoms with van der Waals surface area (Å²) in [6.45, 7) is 39.5. The van der Waals surface area contributed by atoms with Crippen LogP contribution in [0, 0.1) is 12.8 Å². The minimum atomic E-state index is 0.345.